The molecule has 14 heavy (non-hydrogen) atoms. The Labute approximate surface area is 89.9 Å². The molecule has 0 bridgehead atoms. The first kappa shape index (κ1) is 12.0. The van der Waals surface area contributed by atoms with Crippen molar-refractivity contribution in [2.75, 3.05) is 6.54 Å². The third-order valence-electron chi connectivity index (χ3n) is 3.63. The van der Waals surface area contributed by atoms with Gasteiger partial charge in [-0.3, -0.25) is 4.90 Å². The van der Waals surface area contributed by atoms with E-state index in [9.17, 15) is 0 Å². The molecule has 0 radical (unpaired) electrons. The summed E-state index contributed by atoms with van der Waals surface area (Å²) in [6.45, 7) is 17.8. The maximum Gasteiger partial charge on any atom is 0.0175 e. The lowest BCUT2D eigenvalue weighted by molar-refractivity contribution is 0.0564. The van der Waals surface area contributed by atoms with E-state index in [1.54, 1.807) is 0 Å². The van der Waals surface area contributed by atoms with Crippen LogP contribution in [-0.2, 0) is 0 Å². The second-order valence-electron chi connectivity index (χ2n) is 6.79. The van der Waals surface area contributed by atoms with Gasteiger partial charge in [0.15, 0.2) is 0 Å². The maximum atomic E-state index is 2.69. The Kier molecular flexibility index (Phi) is 3.02. The molecule has 1 heterocycles. The van der Waals surface area contributed by atoms with Crippen LogP contribution < -0.4 is 0 Å². The van der Waals surface area contributed by atoms with E-state index in [1.165, 1.54) is 13.0 Å². The van der Waals surface area contributed by atoms with Crippen LogP contribution >= 0.6 is 0 Å². The quantitative estimate of drug-likeness (QED) is 0.621. The van der Waals surface area contributed by atoms with Crippen LogP contribution in [0.3, 0.4) is 0 Å². The molecule has 1 aliphatic heterocycles. The molecule has 0 N–H and O–H groups in total. The first-order chi connectivity index (χ1) is 6.16. The summed E-state index contributed by atoms with van der Waals surface area (Å²) in [6.07, 6.45) is 1.34. The van der Waals surface area contributed by atoms with Crippen molar-refractivity contribution in [1.29, 1.82) is 0 Å². The van der Waals surface area contributed by atoms with Crippen LogP contribution in [0.4, 0.5) is 0 Å². The molecular formula is C13H27N. The summed E-state index contributed by atoms with van der Waals surface area (Å²) >= 11 is 0. The van der Waals surface area contributed by atoms with Crippen molar-refractivity contribution in [2.45, 2.75) is 66.5 Å². The molecule has 0 aromatic carbocycles. The Balaban J connectivity index is 2.90. The molecule has 0 aliphatic carbocycles. The number of rotatable bonds is 1. The van der Waals surface area contributed by atoms with Crippen molar-refractivity contribution >= 4 is 0 Å². The number of likely N-dealkylation sites (tertiary alicyclic amines) is 1. The molecule has 1 unspecified atom stereocenters. The fourth-order valence-corrected chi connectivity index (χ4v) is 3.13. The van der Waals surface area contributed by atoms with E-state index >= 15 is 0 Å². The summed E-state index contributed by atoms with van der Waals surface area (Å²) in [4.78, 5) is 2.69. The van der Waals surface area contributed by atoms with E-state index in [-0.39, 0.29) is 0 Å². The monoisotopic (exact) mass is 197 g/mol. The SMILES string of the molecule is CC(C)C1N(C(C)(C)C)CCC1(C)C. The van der Waals surface area contributed by atoms with Gasteiger partial charge >= 0.3 is 0 Å². The summed E-state index contributed by atoms with van der Waals surface area (Å²) in [5.74, 6) is 0.756. The van der Waals surface area contributed by atoms with E-state index in [4.69, 9.17) is 0 Å². The van der Waals surface area contributed by atoms with E-state index in [1.807, 2.05) is 0 Å². The van der Waals surface area contributed by atoms with Gasteiger partial charge in [-0.15, -0.1) is 0 Å². The molecule has 0 amide bonds. The Bertz CT molecular complexity index is 198. The van der Waals surface area contributed by atoms with Crippen LogP contribution in [0.25, 0.3) is 0 Å². The first-order valence-corrected chi connectivity index (χ1v) is 5.93. The molecule has 0 aromatic rings. The highest BCUT2D eigenvalue weighted by Gasteiger charge is 2.45. The maximum absolute atomic E-state index is 2.69. The van der Waals surface area contributed by atoms with Gasteiger partial charge in [0.2, 0.25) is 0 Å². The first-order valence-electron chi connectivity index (χ1n) is 5.93. The van der Waals surface area contributed by atoms with Crippen molar-refractivity contribution in [3.8, 4) is 0 Å². The van der Waals surface area contributed by atoms with Crippen LogP contribution in [0.15, 0.2) is 0 Å². The molecule has 1 nitrogen and oxygen atoms in total. The van der Waals surface area contributed by atoms with Gasteiger partial charge in [0.25, 0.3) is 0 Å². The lowest BCUT2D eigenvalue weighted by Gasteiger charge is -2.43. The smallest absolute Gasteiger partial charge is 0.0175 e. The third-order valence-corrected chi connectivity index (χ3v) is 3.63. The third kappa shape index (κ3) is 2.13. The van der Waals surface area contributed by atoms with E-state index in [0.29, 0.717) is 11.0 Å². The number of hydrogen-bond acceptors (Lipinski definition) is 1. The average molecular weight is 197 g/mol. The van der Waals surface area contributed by atoms with Gasteiger partial charge < -0.3 is 0 Å². The molecule has 1 saturated heterocycles. The van der Waals surface area contributed by atoms with Gasteiger partial charge in [0, 0.05) is 11.6 Å². The molecule has 1 aliphatic rings. The molecule has 0 spiro atoms. The largest absolute Gasteiger partial charge is 0.295 e. The predicted octanol–water partition coefficient (Wildman–Crippen LogP) is 3.54. The zero-order chi connectivity index (χ0) is 11.1. The van der Waals surface area contributed by atoms with Gasteiger partial charge in [-0.05, 0) is 45.1 Å². The minimum absolute atomic E-state index is 0.322. The van der Waals surface area contributed by atoms with Gasteiger partial charge in [-0.25, -0.2) is 0 Å². The Hall–Kier alpha value is -0.0400. The highest BCUT2D eigenvalue weighted by atomic mass is 15.2. The summed E-state index contributed by atoms with van der Waals surface area (Å²) in [5, 5.41) is 0. The lowest BCUT2D eigenvalue weighted by atomic mass is 9.78. The van der Waals surface area contributed by atoms with Crippen molar-refractivity contribution in [3.63, 3.8) is 0 Å². The number of hydrogen-bond donors (Lipinski definition) is 0. The number of nitrogens with zero attached hydrogens (tertiary/aromatic N) is 1. The Morgan fingerprint density at radius 3 is 2.00 bits per heavy atom. The topological polar surface area (TPSA) is 3.24 Å². The lowest BCUT2D eigenvalue weighted by Crippen LogP contribution is -2.50. The minimum atomic E-state index is 0.322. The molecule has 1 fully saturated rings. The zero-order valence-corrected chi connectivity index (χ0v) is 11.0. The zero-order valence-electron chi connectivity index (χ0n) is 11.0. The Morgan fingerprint density at radius 1 is 1.21 bits per heavy atom. The van der Waals surface area contributed by atoms with Gasteiger partial charge in [-0.2, -0.15) is 0 Å². The van der Waals surface area contributed by atoms with E-state index in [0.717, 1.165) is 12.0 Å². The summed E-state index contributed by atoms with van der Waals surface area (Å²) in [7, 11) is 0. The summed E-state index contributed by atoms with van der Waals surface area (Å²) < 4.78 is 0. The van der Waals surface area contributed by atoms with Gasteiger partial charge in [0.05, 0.1) is 0 Å². The van der Waals surface area contributed by atoms with Gasteiger partial charge in [0.1, 0.15) is 0 Å². The average Bonchev–Trinajstić information content (AvgIpc) is 2.23. The van der Waals surface area contributed by atoms with Crippen molar-refractivity contribution in [3.05, 3.63) is 0 Å². The minimum Gasteiger partial charge on any atom is -0.295 e. The fourth-order valence-electron chi connectivity index (χ4n) is 3.13. The summed E-state index contributed by atoms with van der Waals surface area (Å²) in [5.41, 5.74) is 0.810. The van der Waals surface area contributed by atoms with Crippen molar-refractivity contribution in [2.24, 2.45) is 11.3 Å². The van der Waals surface area contributed by atoms with Crippen LogP contribution in [0.5, 0.6) is 0 Å². The molecule has 1 heteroatoms. The Morgan fingerprint density at radius 2 is 1.71 bits per heavy atom. The highest BCUT2D eigenvalue weighted by molar-refractivity contribution is 4.99. The van der Waals surface area contributed by atoms with Crippen molar-refractivity contribution in [1.82, 2.24) is 4.90 Å². The predicted molar refractivity (Wildman–Crippen MR) is 63.5 cm³/mol. The molecule has 0 aromatic heterocycles. The second-order valence-corrected chi connectivity index (χ2v) is 6.79. The van der Waals surface area contributed by atoms with E-state index in [2.05, 4.69) is 53.4 Å². The summed E-state index contributed by atoms with van der Waals surface area (Å²) in [6, 6.07) is 0.738. The molecular weight excluding hydrogens is 170 g/mol. The van der Waals surface area contributed by atoms with Gasteiger partial charge in [-0.1, -0.05) is 27.7 Å². The molecule has 84 valence electrons. The van der Waals surface area contributed by atoms with Crippen LogP contribution in [-0.4, -0.2) is 23.0 Å². The fraction of sp³-hybridized carbons (Fsp3) is 1.00. The molecule has 0 saturated carbocycles. The van der Waals surface area contributed by atoms with E-state index < -0.39 is 0 Å². The second kappa shape index (κ2) is 3.52. The molecule has 1 rings (SSSR count). The highest BCUT2D eigenvalue weighted by Crippen LogP contribution is 2.43. The van der Waals surface area contributed by atoms with Crippen molar-refractivity contribution < 1.29 is 0 Å². The normalized spacial score (nSPS) is 28.7. The standard InChI is InChI=1S/C13H27N/c1-10(2)11-13(6,7)8-9-14(11)12(3,4)5/h10-11H,8-9H2,1-7H3. The molecule has 1 atom stereocenters. The van der Waals surface area contributed by atoms with Crippen LogP contribution in [0.2, 0.25) is 0 Å². The van der Waals surface area contributed by atoms with Crippen LogP contribution in [0.1, 0.15) is 54.9 Å². The van der Waals surface area contributed by atoms with Crippen LogP contribution in [0, 0.1) is 11.3 Å².